The van der Waals surface area contributed by atoms with Crippen LogP contribution in [0.1, 0.15) is 24.5 Å². The van der Waals surface area contributed by atoms with Crippen LogP contribution < -0.4 is 5.32 Å². The van der Waals surface area contributed by atoms with E-state index in [1.54, 1.807) is 7.11 Å². The van der Waals surface area contributed by atoms with E-state index in [9.17, 15) is 5.11 Å². The monoisotopic (exact) mass is 347 g/mol. The normalized spacial score (nSPS) is 26.6. The molecule has 2 aliphatic rings. The molecular formula is C19H29N3O3. The summed E-state index contributed by atoms with van der Waals surface area (Å²) in [6.07, 6.45) is 1.69. The molecule has 0 amide bonds. The zero-order valence-corrected chi connectivity index (χ0v) is 15.2. The zero-order valence-electron chi connectivity index (χ0n) is 15.2. The number of guanidine groups is 1. The number of aliphatic hydroxyl groups is 1. The molecule has 3 rings (SSSR count). The molecule has 0 radical (unpaired) electrons. The maximum Gasteiger partial charge on any atom is 0.194 e. The number of ether oxygens (including phenoxy) is 2. The largest absolute Gasteiger partial charge is 0.383 e. The quantitative estimate of drug-likeness (QED) is 0.617. The molecule has 0 aromatic heterocycles. The number of methoxy groups -OCH3 is 1. The van der Waals surface area contributed by atoms with E-state index >= 15 is 0 Å². The summed E-state index contributed by atoms with van der Waals surface area (Å²) in [4.78, 5) is 6.96. The first-order chi connectivity index (χ1) is 12.2. The Kier molecular flexibility index (Phi) is 5.93. The first-order valence-corrected chi connectivity index (χ1v) is 9.11. The Bertz CT molecular complexity index is 605. The predicted molar refractivity (Wildman–Crippen MR) is 97.8 cm³/mol. The number of aryl methyl sites for hydroxylation is 1. The van der Waals surface area contributed by atoms with Gasteiger partial charge in [0, 0.05) is 26.7 Å². The van der Waals surface area contributed by atoms with E-state index in [-0.39, 0.29) is 6.10 Å². The Morgan fingerprint density at radius 1 is 1.48 bits per heavy atom. The third-order valence-corrected chi connectivity index (χ3v) is 4.94. The number of morpholine rings is 1. The number of rotatable bonds is 5. The molecule has 138 valence electrons. The van der Waals surface area contributed by atoms with Gasteiger partial charge in [0.05, 0.1) is 25.9 Å². The van der Waals surface area contributed by atoms with E-state index in [1.165, 1.54) is 5.56 Å². The molecule has 1 heterocycles. The fourth-order valence-corrected chi connectivity index (χ4v) is 3.66. The van der Waals surface area contributed by atoms with Crippen molar-refractivity contribution >= 4 is 5.96 Å². The van der Waals surface area contributed by atoms with Crippen molar-refractivity contribution in [3.05, 3.63) is 35.4 Å². The summed E-state index contributed by atoms with van der Waals surface area (Å²) < 4.78 is 10.9. The summed E-state index contributed by atoms with van der Waals surface area (Å²) in [5, 5.41) is 14.4. The van der Waals surface area contributed by atoms with E-state index in [1.807, 2.05) is 18.2 Å². The lowest BCUT2D eigenvalue weighted by Gasteiger charge is -2.35. The van der Waals surface area contributed by atoms with Crippen LogP contribution in [0, 0.1) is 0 Å². The van der Waals surface area contributed by atoms with Crippen LogP contribution in [0.2, 0.25) is 0 Å². The number of nitrogens with zero attached hydrogens (tertiary/aromatic N) is 2. The first kappa shape index (κ1) is 18.2. The highest BCUT2D eigenvalue weighted by molar-refractivity contribution is 5.80. The summed E-state index contributed by atoms with van der Waals surface area (Å²) in [6, 6.07) is 8.14. The van der Waals surface area contributed by atoms with Gasteiger partial charge < -0.3 is 24.8 Å². The SMILES string of the molecule is CCNC(=NCC1(O)CCc2ccccc21)N1CCOC(COC)C1. The molecule has 1 saturated heterocycles. The van der Waals surface area contributed by atoms with Crippen molar-refractivity contribution in [3.8, 4) is 0 Å². The minimum atomic E-state index is -0.866. The van der Waals surface area contributed by atoms with Gasteiger partial charge in [0.2, 0.25) is 0 Å². The van der Waals surface area contributed by atoms with Gasteiger partial charge in [0.15, 0.2) is 5.96 Å². The molecule has 2 unspecified atom stereocenters. The van der Waals surface area contributed by atoms with Crippen LogP contribution in [0.25, 0.3) is 0 Å². The third kappa shape index (κ3) is 4.14. The molecule has 1 aromatic rings. The number of fused-ring (bicyclic) bond motifs is 1. The number of aliphatic imine (C=N–C) groups is 1. The van der Waals surface area contributed by atoms with E-state index in [0.717, 1.165) is 44.0 Å². The van der Waals surface area contributed by atoms with E-state index in [0.29, 0.717) is 19.8 Å². The highest BCUT2D eigenvalue weighted by Crippen LogP contribution is 2.36. The number of hydrogen-bond acceptors (Lipinski definition) is 4. The van der Waals surface area contributed by atoms with Crippen molar-refractivity contribution in [3.63, 3.8) is 0 Å². The van der Waals surface area contributed by atoms with Gasteiger partial charge in [-0.1, -0.05) is 24.3 Å². The summed E-state index contributed by atoms with van der Waals surface area (Å²) in [7, 11) is 1.69. The Morgan fingerprint density at radius 3 is 3.12 bits per heavy atom. The molecule has 2 N–H and O–H groups in total. The molecule has 2 atom stereocenters. The van der Waals surface area contributed by atoms with Crippen LogP contribution in [0.4, 0.5) is 0 Å². The standard InChI is InChI=1S/C19H29N3O3/c1-3-20-18(22-10-11-25-16(12-22)13-24-2)21-14-19(23)9-8-15-6-4-5-7-17(15)19/h4-7,16,23H,3,8-14H2,1-2H3,(H,20,21). The van der Waals surface area contributed by atoms with E-state index < -0.39 is 5.60 Å². The topological polar surface area (TPSA) is 66.3 Å². The molecule has 1 aliphatic carbocycles. The number of hydrogen-bond donors (Lipinski definition) is 2. The molecule has 0 spiro atoms. The van der Waals surface area contributed by atoms with Crippen molar-refractivity contribution in [1.29, 1.82) is 0 Å². The third-order valence-electron chi connectivity index (χ3n) is 4.94. The molecule has 0 saturated carbocycles. The van der Waals surface area contributed by atoms with E-state index in [4.69, 9.17) is 14.5 Å². The maximum absolute atomic E-state index is 11.1. The summed E-state index contributed by atoms with van der Waals surface area (Å²) >= 11 is 0. The maximum atomic E-state index is 11.1. The Labute approximate surface area is 149 Å². The van der Waals surface area contributed by atoms with Gasteiger partial charge in [-0.05, 0) is 30.9 Å². The van der Waals surface area contributed by atoms with Gasteiger partial charge in [-0.2, -0.15) is 0 Å². The molecule has 25 heavy (non-hydrogen) atoms. The minimum absolute atomic E-state index is 0.0536. The molecule has 1 fully saturated rings. The van der Waals surface area contributed by atoms with Crippen molar-refractivity contribution in [2.75, 3.05) is 46.5 Å². The summed E-state index contributed by atoms with van der Waals surface area (Å²) in [5.41, 5.74) is 1.39. The average molecular weight is 347 g/mol. The van der Waals surface area contributed by atoms with Gasteiger partial charge in [-0.3, -0.25) is 0 Å². The fourth-order valence-electron chi connectivity index (χ4n) is 3.66. The van der Waals surface area contributed by atoms with Gasteiger partial charge in [0.25, 0.3) is 0 Å². The molecule has 0 bridgehead atoms. The Hall–Kier alpha value is -1.63. The second-order valence-electron chi connectivity index (χ2n) is 6.75. The smallest absolute Gasteiger partial charge is 0.194 e. The lowest BCUT2D eigenvalue weighted by Crippen LogP contribution is -2.51. The second-order valence-corrected chi connectivity index (χ2v) is 6.75. The molecule has 6 heteroatoms. The van der Waals surface area contributed by atoms with Crippen molar-refractivity contribution in [2.45, 2.75) is 31.5 Å². The minimum Gasteiger partial charge on any atom is -0.383 e. The summed E-state index contributed by atoms with van der Waals surface area (Å²) in [6.45, 7) is 6.00. The molecular weight excluding hydrogens is 318 g/mol. The van der Waals surface area contributed by atoms with Crippen molar-refractivity contribution in [2.24, 2.45) is 4.99 Å². The Morgan fingerprint density at radius 2 is 2.32 bits per heavy atom. The predicted octanol–water partition coefficient (Wildman–Crippen LogP) is 1.13. The fraction of sp³-hybridized carbons (Fsp3) is 0.632. The van der Waals surface area contributed by atoms with Crippen molar-refractivity contribution < 1.29 is 14.6 Å². The highest BCUT2D eigenvalue weighted by atomic mass is 16.5. The summed E-state index contributed by atoms with van der Waals surface area (Å²) in [5.74, 6) is 0.838. The van der Waals surface area contributed by atoms with E-state index in [2.05, 4.69) is 23.2 Å². The lowest BCUT2D eigenvalue weighted by molar-refractivity contribution is -0.0448. The van der Waals surface area contributed by atoms with Crippen LogP contribution in [0.15, 0.2) is 29.3 Å². The molecule has 1 aliphatic heterocycles. The van der Waals surface area contributed by atoms with Crippen molar-refractivity contribution in [1.82, 2.24) is 10.2 Å². The zero-order chi connectivity index (χ0) is 17.7. The number of nitrogens with one attached hydrogen (secondary N) is 1. The average Bonchev–Trinajstić information content (AvgIpc) is 2.97. The number of benzene rings is 1. The Balaban J connectivity index is 1.72. The highest BCUT2D eigenvalue weighted by Gasteiger charge is 2.36. The van der Waals surface area contributed by atoms with Gasteiger partial charge in [-0.25, -0.2) is 4.99 Å². The van der Waals surface area contributed by atoms with Crippen LogP contribution in [0.3, 0.4) is 0 Å². The van der Waals surface area contributed by atoms with Crippen LogP contribution in [-0.2, 0) is 21.5 Å². The van der Waals surface area contributed by atoms with Crippen LogP contribution >= 0.6 is 0 Å². The van der Waals surface area contributed by atoms with Crippen LogP contribution in [-0.4, -0.2) is 68.6 Å². The van der Waals surface area contributed by atoms with Gasteiger partial charge >= 0.3 is 0 Å². The second kappa shape index (κ2) is 8.17. The molecule has 6 nitrogen and oxygen atoms in total. The molecule has 1 aromatic carbocycles. The van der Waals surface area contributed by atoms with Crippen LogP contribution in [0.5, 0.6) is 0 Å². The van der Waals surface area contributed by atoms with Gasteiger partial charge in [-0.15, -0.1) is 0 Å². The first-order valence-electron chi connectivity index (χ1n) is 9.11. The lowest BCUT2D eigenvalue weighted by atomic mass is 9.96. The van der Waals surface area contributed by atoms with Gasteiger partial charge in [0.1, 0.15) is 5.60 Å².